The Kier molecular flexibility index (Phi) is 6.58. The summed E-state index contributed by atoms with van der Waals surface area (Å²) in [6.07, 6.45) is 3.42. The number of benzene rings is 1. The number of aromatic nitrogens is 2. The fourth-order valence-electron chi connectivity index (χ4n) is 4.47. The second kappa shape index (κ2) is 9.53. The molecule has 8 nitrogen and oxygen atoms in total. The number of carbonyl (C=O) groups excluding carboxylic acids is 2. The highest BCUT2D eigenvalue weighted by molar-refractivity contribution is 5.93. The number of carbonyl (C=O) groups is 2. The number of aryl methyl sites for hydroxylation is 1. The van der Waals surface area contributed by atoms with Crippen LogP contribution in [0.2, 0.25) is 0 Å². The van der Waals surface area contributed by atoms with Gasteiger partial charge in [-0.05, 0) is 31.9 Å². The lowest BCUT2D eigenvalue weighted by molar-refractivity contribution is -0.134. The van der Waals surface area contributed by atoms with E-state index in [0.29, 0.717) is 23.6 Å². The zero-order valence-electron chi connectivity index (χ0n) is 18.0. The summed E-state index contributed by atoms with van der Waals surface area (Å²) in [4.78, 5) is 39.8. The number of likely N-dealkylation sites (tertiary alicyclic amines) is 1. The standard InChI is InChI=1S/C23H30N6O2/c1-17-19(22(24)31)14-25-23(26-17)20-8-5-9-29(20)16-21(30)28-12-10-27(11-13-28)15-18-6-3-2-4-7-18/h2-4,6-7,14,20H,5,8-13,15-16H2,1H3,(H2,24,31). The summed E-state index contributed by atoms with van der Waals surface area (Å²) in [5, 5.41) is 0. The van der Waals surface area contributed by atoms with Gasteiger partial charge < -0.3 is 10.6 Å². The van der Waals surface area contributed by atoms with Crippen LogP contribution in [-0.2, 0) is 11.3 Å². The molecule has 0 radical (unpaired) electrons. The van der Waals surface area contributed by atoms with Crippen molar-refractivity contribution >= 4 is 11.8 Å². The van der Waals surface area contributed by atoms with Crippen LogP contribution in [0.15, 0.2) is 36.5 Å². The van der Waals surface area contributed by atoms with E-state index in [9.17, 15) is 9.59 Å². The van der Waals surface area contributed by atoms with Gasteiger partial charge in [0.25, 0.3) is 5.91 Å². The minimum absolute atomic E-state index is 0.00365. The SMILES string of the molecule is Cc1nc(C2CCCN2CC(=O)N2CCN(Cc3ccccc3)CC2)ncc1C(N)=O. The van der Waals surface area contributed by atoms with Gasteiger partial charge in [-0.1, -0.05) is 30.3 Å². The Labute approximate surface area is 183 Å². The molecule has 31 heavy (non-hydrogen) atoms. The number of hydrogen-bond donors (Lipinski definition) is 1. The molecular formula is C23H30N6O2. The normalized spacial score (nSPS) is 20.2. The third-order valence-corrected chi connectivity index (χ3v) is 6.24. The maximum atomic E-state index is 13.0. The summed E-state index contributed by atoms with van der Waals surface area (Å²) in [6, 6.07) is 10.5. The first-order valence-corrected chi connectivity index (χ1v) is 10.9. The van der Waals surface area contributed by atoms with E-state index in [1.54, 1.807) is 6.92 Å². The van der Waals surface area contributed by atoms with Crippen LogP contribution < -0.4 is 5.73 Å². The molecule has 1 aromatic heterocycles. The number of amides is 2. The predicted octanol–water partition coefficient (Wildman–Crippen LogP) is 1.37. The molecule has 1 unspecified atom stereocenters. The van der Waals surface area contributed by atoms with E-state index in [0.717, 1.165) is 52.1 Å². The molecule has 1 aromatic carbocycles. The van der Waals surface area contributed by atoms with Gasteiger partial charge in [0.15, 0.2) is 0 Å². The molecule has 164 valence electrons. The first-order valence-electron chi connectivity index (χ1n) is 10.9. The minimum Gasteiger partial charge on any atom is -0.365 e. The Morgan fingerprint density at radius 2 is 1.84 bits per heavy atom. The van der Waals surface area contributed by atoms with E-state index in [1.165, 1.54) is 11.8 Å². The van der Waals surface area contributed by atoms with Crippen LogP contribution in [0, 0.1) is 6.92 Å². The molecule has 0 spiro atoms. The van der Waals surface area contributed by atoms with Crippen molar-refractivity contribution in [1.82, 2.24) is 24.7 Å². The number of primary amides is 1. The van der Waals surface area contributed by atoms with Gasteiger partial charge in [0.2, 0.25) is 5.91 Å². The summed E-state index contributed by atoms with van der Waals surface area (Å²) in [7, 11) is 0. The minimum atomic E-state index is -0.520. The average Bonchev–Trinajstić information content (AvgIpc) is 3.22. The van der Waals surface area contributed by atoms with Crippen molar-refractivity contribution in [2.24, 2.45) is 5.73 Å². The van der Waals surface area contributed by atoms with Crippen molar-refractivity contribution in [1.29, 1.82) is 0 Å². The van der Waals surface area contributed by atoms with E-state index in [-0.39, 0.29) is 11.9 Å². The van der Waals surface area contributed by atoms with Crippen LogP contribution in [0.3, 0.4) is 0 Å². The van der Waals surface area contributed by atoms with Crippen molar-refractivity contribution in [3.63, 3.8) is 0 Å². The molecule has 3 heterocycles. The number of rotatable bonds is 6. The molecule has 2 amide bonds. The molecule has 2 saturated heterocycles. The topological polar surface area (TPSA) is 95.7 Å². The van der Waals surface area contributed by atoms with Crippen LogP contribution in [0.4, 0.5) is 0 Å². The van der Waals surface area contributed by atoms with Crippen molar-refractivity contribution < 1.29 is 9.59 Å². The second-order valence-electron chi connectivity index (χ2n) is 8.36. The summed E-state index contributed by atoms with van der Waals surface area (Å²) in [5.41, 5.74) is 7.60. The van der Waals surface area contributed by atoms with E-state index in [4.69, 9.17) is 5.73 Å². The molecule has 0 saturated carbocycles. The van der Waals surface area contributed by atoms with Gasteiger partial charge in [-0.2, -0.15) is 0 Å². The zero-order chi connectivity index (χ0) is 21.8. The Balaban J connectivity index is 1.32. The number of hydrogen-bond acceptors (Lipinski definition) is 6. The first-order chi connectivity index (χ1) is 15.0. The van der Waals surface area contributed by atoms with Gasteiger partial charge in [0, 0.05) is 38.9 Å². The molecule has 1 atom stereocenters. The molecule has 4 rings (SSSR count). The number of piperazine rings is 1. The summed E-state index contributed by atoms with van der Waals surface area (Å²) in [6.45, 7) is 7.22. The first kappa shape index (κ1) is 21.4. The summed E-state index contributed by atoms with van der Waals surface area (Å²) < 4.78 is 0. The molecule has 2 aliphatic heterocycles. The lowest BCUT2D eigenvalue weighted by Gasteiger charge is -2.36. The quantitative estimate of drug-likeness (QED) is 0.755. The second-order valence-corrected chi connectivity index (χ2v) is 8.36. The van der Waals surface area contributed by atoms with Crippen molar-refractivity contribution in [3.8, 4) is 0 Å². The van der Waals surface area contributed by atoms with Crippen LogP contribution in [0.1, 0.15) is 46.3 Å². The van der Waals surface area contributed by atoms with Gasteiger partial charge in [0.1, 0.15) is 5.82 Å². The third kappa shape index (κ3) is 5.08. The molecule has 0 bridgehead atoms. The predicted molar refractivity (Wildman–Crippen MR) is 117 cm³/mol. The highest BCUT2D eigenvalue weighted by Gasteiger charge is 2.32. The Morgan fingerprint density at radius 3 is 2.52 bits per heavy atom. The molecular weight excluding hydrogens is 392 g/mol. The number of nitrogens with two attached hydrogens (primary N) is 1. The van der Waals surface area contributed by atoms with Crippen LogP contribution in [0.5, 0.6) is 0 Å². The zero-order valence-corrected chi connectivity index (χ0v) is 18.0. The fourth-order valence-corrected chi connectivity index (χ4v) is 4.47. The third-order valence-electron chi connectivity index (χ3n) is 6.24. The maximum Gasteiger partial charge on any atom is 0.252 e. The van der Waals surface area contributed by atoms with Gasteiger partial charge in [-0.3, -0.25) is 19.4 Å². The van der Waals surface area contributed by atoms with E-state index in [2.05, 4.69) is 44.0 Å². The lowest BCUT2D eigenvalue weighted by atomic mass is 10.1. The highest BCUT2D eigenvalue weighted by atomic mass is 16.2. The van der Waals surface area contributed by atoms with Gasteiger partial charge in [0.05, 0.1) is 23.8 Å². The van der Waals surface area contributed by atoms with E-state index in [1.807, 2.05) is 11.0 Å². The van der Waals surface area contributed by atoms with Gasteiger partial charge >= 0.3 is 0 Å². The summed E-state index contributed by atoms with van der Waals surface area (Å²) in [5.74, 6) is 0.311. The molecule has 2 fully saturated rings. The molecule has 8 heteroatoms. The smallest absolute Gasteiger partial charge is 0.252 e. The van der Waals surface area contributed by atoms with E-state index >= 15 is 0 Å². The van der Waals surface area contributed by atoms with Crippen molar-refractivity contribution in [2.45, 2.75) is 32.4 Å². The Bertz CT molecular complexity index is 927. The van der Waals surface area contributed by atoms with Crippen molar-refractivity contribution in [3.05, 3.63) is 59.2 Å². The lowest BCUT2D eigenvalue weighted by Crippen LogP contribution is -2.50. The van der Waals surface area contributed by atoms with Gasteiger partial charge in [-0.25, -0.2) is 9.97 Å². The largest absolute Gasteiger partial charge is 0.365 e. The summed E-state index contributed by atoms with van der Waals surface area (Å²) >= 11 is 0. The average molecular weight is 423 g/mol. The molecule has 2 aliphatic rings. The van der Waals surface area contributed by atoms with Gasteiger partial charge in [-0.15, -0.1) is 0 Å². The molecule has 0 aliphatic carbocycles. The monoisotopic (exact) mass is 422 g/mol. The molecule has 2 N–H and O–H groups in total. The van der Waals surface area contributed by atoms with Crippen molar-refractivity contribution in [2.75, 3.05) is 39.3 Å². The van der Waals surface area contributed by atoms with Crippen LogP contribution in [-0.4, -0.2) is 75.8 Å². The van der Waals surface area contributed by atoms with Crippen LogP contribution in [0.25, 0.3) is 0 Å². The highest BCUT2D eigenvalue weighted by Crippen LogP contribution is 2.30. The fraction of sp³-hybridized carbons (Fsp3) is 0.478. The Hall–Kier alpha value is -2.84. The van der Waals surface area contributed by atoms with E-state index < -0.39 is 5.91 Å². The maximum absolute atomic E-state index is 13.0. The van der Waals surface area contributed by atoms with Crippen LogP contribution >= 0.6 is 0 Å². The molecule has 2 aromatic rings. The number of nitrogens with zero attached hydrogens (tertiary/aromatic N) is 5. The Morgan fingerprint density at radius 1 is 1.10 bits per heavy atom.